The SMILES string of the molecule is O=C(Nc1ccc([N+](=O)[O-])cc1)Nc1cn[nH]c1. The fraction of sp³-hybridized carbons (Fsp3) is 0. The van der Waals surface area contributed by atoms with Gasteiger partial charge in [0.1, 0.15) is 0 Å². The number of nitrogens with one attached hydrogen (secondary N) is 3. The molecular formula is C10H9N5O3. The zero-order valence-corrected chi connectivity index (χ0v) is 9.08. The van der Waals surface area contributed by atoms with Gasteiger partial charge in [-0.25, -0.2) is 4.79 Å². The maximum absolute atomic E-state index is 11.5. The number of urea groups is 1. The van der Waals surface area contributed by atoms with Gasteiger partial charge in [0.05, 0.1) is 16.8 Å². The van der Waals surface area contributed by atoms with E-state index in [1.807, 2.05) is 0 Å². The highest BCUT2D eigenvalue weighted by Gasteiger charge is 2.06. The van der Waals surface area contributed by atoms with Crippen molar-refractivity contribution in [1.82, 2.24) is 10.2 Å². The number of nitrogens with zero attached hydrogens (tertiary/aromatic N) is 2. The molecule has 8 heteroatoms. The van der Waals surface area contributed by atoms with Crippen molar-refractivity contribution in [3.8, 4) is 0 Å². The summed E-state index contributed by atoms with van der Waals surface area (Å²) in [6, 6.07) is 5.08. The summed E-state index contributed by atoms with van der Waals surface area (Å²) in [5, 5.41) is 21.7. The van der Waals surface area contributed by atoms with E-state index in [0.717, 1.165) is 0 Å². The molecule has 1 aromatic carbocycles. The second-order valence-corrected chi connectivity index (χ2v) is 3.37. The molecule has 0 aliphatic heterocycles. The molecule has 1 aromatic heterocycles. The minimum absolute atomic E-state index is 0.0317. The Labute approximate surface area is 101 Å². The van der Waals surface area contributed by atoms with E-state index >= 15 is 0 Å². The van der Waals surface area contributed by atoms with Crippen LogP contribution in [0.3, 0.4) is 0 Å². The second-order valence-electron chi connectivity index (χ2n) is 3.37. The van der Waals surface area contributed by atoms with Crippen LogP contribution in [-0.2, 0) is 0 Å². The number of nitro benzene ring substituents is 1. The van der Waals surface area contributed by atoms with Crippen LogP contribution < -0.4 is 10.6 Å². The van der Waals surface area contributed by atoms with Crippen LogP contribution in [0.1, 0.15) is 0 Å². The molecule has 2 amide bonds. The number of benzene rings is 1. The third kappa shape index (κ3) is 2.82. The Kier molecular flexibility index (Phi) is 3.19. The van der Waals surface area contributed by atoms with E-state index in [0.29, 0.717) is 11.4 Å². The Balaban J connectivity index is 1.97. The van der Waals surface area contributed by atoms with E-state index in [-0.39, 0.29) is 5.69 Å². The predicted molar refractivity (Wildman–Crippen MR) is 64.3 cm³/mol. The van der Waals surface area contributed by atoms with Gasteiger partial charge in [-0.15, -0.1) is 0 Å². The highest BCUT2D eigenvalue weighted by molar-refractivity contribution is 5.99. The standard InChI is InChI=1S/C10H9N5O3/c16-10(14-8-5-11-12-6-8)13-7-1-3-9(4-2-7)15(17)18/h1-6H,(H,11,12)(H2,13,14,16). The molecule has 0 aliphatic rings. The molecule has 0 bridgehead atoms. The number of nitro groups is 1. The van der Waals surface area contributed by atoms with Crippen molar-refractivity contribution in [2.45, 2.75) is 0 Å². The first kappa shape index (κ1) is 11.6. The van der Waals surface area contributed by atoms with Crippen molar-refractivity contribution in [3.63, 3.8) is 0 Å². The normalized spacial score (nSPS) is 9.78. The van der Waals surface area contributed by atoms with Crippen LogP contribution in [0, 0.1) is 10.1 Å². The van der Waals surface area contributed by atoms with Crippen molar-refractivity contribution < 1.29 is 9.72 Å². The molecule has 18 heavy (non-hydrogen) atoms. The number of hydrogen-bond donors (Lipinski definition) is 3. The molecule has 0 saturated carbocycles. The number of aromatic amines is 1. The molecule has 2 aromatic rings. The summed E-state index contributed by atoms with van der Waals surface area (Å²) in [7, 11) is 0. The monoisotopic (exact) mass is 247 g/mol. The van der Waals surface area contributed by atoms with E-state index in [2.05, 4.69) is 20.8 Å². The average Bonchev–Trinajstić information content (AvgIpc) is 2.82. The van der Waals surface area contributed by atoms with Crippen molar-refractivity contribution in [2.24, 2.45) is 0 Å². The molecule has 0 saturated heterocycles. The van der Waals surface area contributed by atoms with Gasteiger partial charge in [-0.2, -0.15) is 5.10 Å². The van der Waals surface area contributed by atoms with E-state index in [9.17, 15) is 14.9 Å². The number of hydrogen-bond acceptors (Lipinski definition) is 4. The Hall–Kier alpha value is -2.90. The topological polar surface area (TPSA) is 113 Å². The summed E-state index contributed by atoms with van der Waals surface area (Å²) >= 11 is 0. The highest BCUT2D eigenvalue weighted by atomic mass is 16.6. The summed E-state index contributed by atoms with van der Waals surface area (Å²) in [5.41, 5.74) is 0.951. The van der Waals surface area contributed by atoms with Crippen molar-refractivity contribution in [1.29, 1.82) is 0 Å². The lowest BCUT2D eigenvalue weighted by atomic mass is 10.3. The Morgan fingerprint density at radius 3 is 2.44 bits per heavy atom. The number of non-ortho nitro benzene ring substituents is 1. The van der Waals surface area contributed by atoms with Gasteiger partial charge in [-0.05, 0) is 12.1 Å². The summed E-state index contributed by atoms with van der Waals surface area (Å²) in [5.74, 6) is 0. The molecular weight excluding hydrogens is 238 g/mol. The molecule has 0 unspecified atom stereocenters. The van der Waals surface area contributed by atoms with Gasteiger partial charge in [-0.1, -0.05) is 0 Å². The van der Waals surface area contributed by atoms with Crippen molar-refractivity contribution in [3.05, 3.63) is 46.8 Å². The van der Waals surface area contributed by atoms with Crippen molar-refractivity contribution in [2.75, 3.05) is 10.6 Å². The van der Waals surface area contributed by atoms with Gasteiger partial charge in [0.25, 0.3) is 5.69 Å². The van der Waals surface area contributed by atoms with E-state index < -0.39 is 11.0 Å². The molecule has 0 fully saturated rings. The summed E-state index contributed by atoms with van der Waals surface area (Å²) < 4.78 is 0. The Morgan fingerprint density at radius 1 is 1.22 bits per heavy atom. The molecule has 0 radical (unpaired) electrons. The first-order valence-corrected chi connectivity index (χ1v) is 4.96. The maximum Gasteiger partial charge on any atom is 0.323 e. The van der Waals surface area contributed by atoms with Gasteiger partial charge in [0.2, 0.25) is 0 Å². The van der Waals surface area contributed by atoms with Crippen LogP contribution in [0.5, 0.6) is 0 Å². The zero-order valence-electron chi connectivity index (χ0n) is 9.08. The number of carbonyl (C=O) groups is 1. The van der Waals surface area contributed by atoms with E-state index in [1.165, 1.54) is 36.7 Å². The first-order chi connectivity index (χ1) is 8.65. The third-order valence-corrected chi connectivity index (χ3v) is 2.09. The highest BCUT2D eigenvalue weighted by Crippen LogP contribution is 2.15. The number of rotatable bonds is 3. The fourth-order valence-corrected chi connectivity index (χ4v) is 1.28. The molecule has 1 heterocycles. The van der Waals surface area contributed by atoms with Gasteiger partial charge in [0, 0.05) is 24.0 Å². The predicted octanol–water partition coefficient (Wildman–Crippen LogP) is 1.96. The van der Waals surface area contributed by atoms with E-state index in [4.69, 9.17) is 0 Å². The number of anilines is 2. The maximum atomic E-state index is 11.5. The molecule has 2 rings (SSSR count). The molecule has 3 N–H and O–H groups in total. The van der Waals surface area contributed by atoms with Gasteiger partial charge >= 0.3 is 6.03 Å². The first-order valence-electron chi connectivity index (χ1n) is 4.96. The number of amides is 2. The number of carbonyl (C=O) groups excluding carboxylic acids is 1. The lowest BCUT2D eigenvalue weighted by molar-refractivity contribution is -0.384. The van der Waals surface area contributed by atoms with Gasteiger partial charge < -0.3 is 10.6 Å². The van der Waals surface area contributed by atoms with Crippen LogP contribution in [0.15, 0.2) is 36.7 Å². The van der Waals surface area contributed by atoms with Crippen LogP contribution in [0.2, 0.25) is 0 Å². The fourth-order valence-electron chi connectivity index (χ4n) is 1.28. The lowest BCUT2D eigenvalue weighted by Crippen LogP contribution is -2.18. The zero-order chi connectivity index (χ0) is 13.0. The lowest BCUT2D eigenvalue weighted by Gasteiger charge is -2.05. The van der Waals surface area contributed by atoms with Gasteiger partial charge in [-0.3, -0.25) is 15.2 Å². The second kappa shape index (κ2) is 4.95. The van der Waals surface area contributed by atoms with Crippen LogP contribution in [0.4, 0.5) is 21.9 Å². The smallest absolute Gasteiger partial charge is 0.308 e. The van der Waals surface area contributed by atoms with E-state index in [1.54, 1.807) is 0 Å². The third-order valence-electron chi connectivity index (χ3n) is 2.09. The minimum atomic E-state index is -0.505. The van der Waals surface area contributed by atoms with Gasteiger partial charge in [0.15, 0.2) is 0 Å². The summed E-state index contributed by atoms with van der Waals surface area (Å²) in [6.07, 6.45) is 2.98. The molecule has 0 spiro atoms. The average molecular weight is 247 g/mol. The number of aromatic nitrogens is 2. The van der Waals surface area contributed by atoms with Crippen LogP contribution in [0.25, 0.3) is 0 Å². The van der Waals surface area contributed by atoms with Crippen LogP contribution in [-0.4, -0.2) is 21.2 Å². The molecule has 0 atom stereocenters. The quantitative estimate of drug-likeness (QED) is 0.568. The summed E-state index contributed by atoms with van der Waals surface area (Å²) in [6.45, 7) is 0. The largest absolute Gasteiger partial charge is 0.323 e. The molecule has 92 valence electrons. The summed E-state index contributed by atoms with van der Waals surface area (Å²) in [4.78, 5) is 21.4. The molecule has 8 nitrogen and oxygen atoms in total. The Bertz CT molecular complexity index is 549. The number of H-pyrrole nitrogens is 1. The molecule has 0 aliphatic carbocycles. The van der Waals surface area contributed by atoms with Crippen molar-refractivity contribution >= 4 is 23.1 Å². The van der Waals surface area contributed by atoms with Crippen LogP contribution >= 0.6 is 0 Å². The Morgan fingerprint density at radius 2 is 1.89 bits per heavy atom. The minimum Gasteiger partial charge on any atom is -0.308 e.